The van der Waals surface area contributed by atoms with E-state index >= 15 is 0 Å². The number of rotatable bonds is 6. The van der Waals surface area contributed by atoms with Gasteiger partial charge in [0.1, 0.15) is 5.69 Å². The third-order valence-electron chi connectivity index (χ3n) is 4.40. The Morgan fingerprint density at radius 3 is 2.74 bits per heavy atom. The Morgan fingerprint density at radius 2 is 1.89 bits per heavy atom. The molecule has 2 heterocycles. The Labute approximate surface area is 162 Å². The molecule has 2 aromatic carbocycles. The summed E-state index contributed by atoms with van der Waals surface area (Å²) < 4.78 is 5.40. The Morgan fingerprint density at radius 1 is 1.04 bits per heavy atom. The van der Waals surface area contributed by atoms with Gasteiger partial charge in [-0.05, 0) is 41.6 Å². The first-order valence-electron chi connectivity index (χ1n) is 8.72. The van der Waals surface area contributed by atoms with E-state index in [-0.39, 0.29) is 6.04 Å². The minimum Gasteiger partial charge on any atom is -0.352 e. The number of anilines is 1. The summed E-state index contributed by atoms with van der Waals surface area (Å²) in [5, 5.41) is 10.3. The fraction of sp³-hybridized carbons (Fsp3) is 0.143. The van der Waals surface area contributed by atoms with Crippen LogP contribution in [0.1, 0.15) is 5.56 Å². The fourth-order valence-electron chi connectivity index (χ4n) is 2.96. The quantitative estimate of drug-likeness (QED) is 0.515. The van der Waals surface area contributed by atoms with Crippen LogP contribution in [0.2, 0.25) is 5.02 Å². The third kappa shape index (κ3) is 4.27. The zero-order chi connectivity index (χ0) is 18.6. The topological polar surface area (TPSA) is 77.0 Å². The van der Waals surface area contributed by atoms with Crippen LogP contribution in [0.5, 0.6) is 0 Å². The highest BCUT2D eigenvalue weighted by Gasteiger charge is 2.09. The normalized spacial score (nSPS) is 12.2. The van der Waals surface area contributed by atoms with E-state index in [2.05, 4.69) is 21.5 Å². The maximum atomic E-state index is 6.21. The van der Waals surface area contributed by atoms with Gasteiger partial charge in [-0.2, -0.15) is 0 Å². The number of benzene rings is 2. The summed E-state index contributed by atoms with van der Waals surface area (Å²) in [5.74, 6) is 0.603. The first kappa shape index (κ1) is 17.5. The molecule has 3 N–H and O–H groups in total. The average molecular weight is 379 g/mol. The van der Waals surface area contributed by atoms with Gasteiger partial charge in [0.2, 0.25) is 5.88 Å². The van der Waals surface area contributed by atoms with Gasteiger partial charge in [0.05, 0.1) is 0 Å². The molecule has 0 saturated heterocycles. The van der Waals surface area contributed by atoms with Crippen LogP contribution in [0.15, 0.2) is 71.5 Å². The van der Waals surface area contributed by atoms with Crippen molar-refractivity contribution in [3.05, 3.63) is 77.6 Å². The lowest BCUT2D eigenvalue weighted by atomic mass is 10.1. The van der Waals surface area contributed by atoms with E-state index in [1.165, 1.54) is 0 Å². The van der Waals surface area contributed by atoms with Crippen LogP contribution < -0.4 is 11.1 Å². The number of hydrogen-bond donors (Lipinski definition) is 2. The zero-order valence-electron chi connectivity index (χ0n) is 14.6. The Hall–Kier alpha value is -2.89. The molecule has 0 saturated carbocycles. The number of hydrogen-bond acceptors (Lipinski definition) is 5. The highest BCUT2D eigenvalue weighted by atomic mass is 35.5. The van der Waals surface area contributed by atoms with Gasteiger partial charge in [-0.25, -0.2) is 0 Å². The van der Waals surface area contributed by atoms with Gasteiger partial charge in [0.15, 0.2) is 0 Å². The molecule has 136 valence electrons. The summed E-state index contributed by atoms with van der Waals surface area (Å²) in [5.41, 5.74) is 9.14. The van der Waals surface area contributed by atoms with E-state index in [1.807, 2.05) is 54.7 Å². The summed E-state index contributed by atoms with van der Waals surface area (Å²) in [4.78, 5) is 4.13. The molecule has 0 aliphatic rings. The lowest BCUT2D eigenvalue weighted by molar-refractivity contribution is 0.433. The van der Waals surface area contributed by atoms with Crippen molar-refractivity contribution in [2.75, 3.05) is 11.9 Å². The minimum atomic E-state index is -0.0482. The van der Waals surface area contributed by atoms with Crippen molar-refractivity contribution in [3.63, 3.8) is 0 Å². The van der Waals surface area contributed by atoms with E-state index in [1.54, 1.807) is 6.20 Å². The number of pyridine rings is 1. The summed E-state index contributed by atoms with van der Waals surface area (Å²) in [6.45, 7) is 0.584. The molecule has 0 amide bonds. The second-order valence-electron chi connectivity index (χ2n) is 6.49. The molecule has 0 radical (unpaired) electrons. The van der Waals surface area contributed by atoms with Gasteiger partial charge in [-0.15, -0.1) is 0 Å². The van der Waals surface area contributed by atoms with E-state index in [4.69, 9.17) is 21.9 Å². The van der Waals surface area contributed by atoms with Crippen LogP contribution >= 0.6 is 11.6 Å². The van der Waals surface area contributed by atoms with Crippen LogP contribution in [-0.4, -0.2) is 22.7 Å². The van der Waals surface area contributed by atoms with Crippen LogP contribution in [0.25, 0.3) is 22.0 Å². The lowest BCUT2D eigenvalue weighted by Gasteiger charge is -2.11. The second-order valence-corrected chi connectivity index (χ2v) is 6.92. The highest BCUT2D eigenvalue weighted by molar-refractivity contribution is 6.30. The number of fused-ring (bicyclic) bond motifs is 1. The number of nitrogens with two attached hydrogens (primary N) is 1. The Bertz CT molecular complexity index is 1050. The molecule has 0 spiro atoms. The third-order valence-corrected chi connectivity index (χ3v) is 4.65. The Balaban J connectivity index is 1.39. The maximum absolute atomic E-state index is 6.21. The molecule has 5 nitrogen and oxygen atoms in total. The molecule has 4 aromatic rings. The number of halogens is 1. The van der Waals surface area contributed by atoms with Crippen molar-refractivity contribution >= 4 is 28.3 Å². The SMILES string of the molecule is NC(CNc1cc(-c2ccc3cnccc3c2)no1)Cc1ccc(Cl)cc1. The predicted octanol–water partition coefficient (Wildman–Crippen LogP) is 4.53. The number of nitrogens with zero attached hydrogens (tertiary/aromatic N) is 2. The molecule has 6 heteroatoms. The first-order chi connectivity index (χ1) is 13.2. The summed E-state index contributed by atoms with van der Waals surface area (Å²) in [6, 6.07) is 17.7. The Kier molecular flexibility index (Phi) is 5.05. The summed E-state index contributed by atoms with van der Waals surface area (Å²) >= 11 is 5.91. The van der Waals surface area contributed by atoms with Crippen LogP contribution in [0, 0.1) is 0 Å². The van der Waals surface area contributed by atoms with E-state index in [0.29, 0.717) is 12.4 Å². The zero-order valence-corrected chi connectivity index (χ0v) is 15.4. The average Bonchev–Trinajstić information content (AvgIpc) is 3.17. The van der Waals surface area contributed by atoms with E-state index in [0.717, 1.165) is 39.0 Å². The van der Waals surface area contributed by atoms with Crippen molar-refractivity contribution in [3.8, 4) is 11.3 Å². The van der Waals surface area contributed by atoms with Crippen molar-refractivity contribution in [1.29, 1.82) is 0 Å². The maximum Gasteiger partial charge on any atom is 0.225 e. The van der Waals surface area contributed by atoms with Gasteiger partial charge in [-0.1, -0.05) is 41.0 Å². The van der Waals surface area contributed by atoms with Crippen molar-refractivity contribution in [2.45, 2.75) is 12.5 Å². The molecular formula is C21H19ClN4O. The van der Waals surface area contributed by atoms with Crippen LogP contribution in [0.3, 0.4) is 0 Å². The van der Waals surface area contributed by atoms with Gasteiger partial charge in [0.25, 0.3) is 0 Å². The minimum absolute atomic E-state index is 0.0482. The van der Waals surface area contributed by atoms with Crippen molar-refractivity contribution < 1.29 is 4.52 Å². The standard InChI is InChI=1S/C21H19ClN4O/c22-18-5-1-14(2-6-18)9-19(23)13-25-21-11-20(26-27-21)16-3-4-17-12-24-8-7-15(17)10-16/h1-8,10-12,19,25H,9,13,23H2. The van der Waals surface area contributed by atoms with Gasteiger partial charge in [0, 0.05) is 47.0 Å². The monoisotopic (exact) mass is 378 g/mol. The fourth-order valence-corrected chi connectivity index (χ4v) is 3.09. The van der Waals surface area contributed by atoms with Gasteiger partial charge in [-0.3, -0.25) is 4.98 Å². The number of aromatic nitrogens is 2. The predicted molar refractivity (Wildman–Crippen MR) is 109 cm³/mol. The molecular weight excluding hydrogens is 360 g/mol. The molecule has 0 bridgehead atoms. The van der Waals surface area contributed by atoms with Crippen LogP contribution in [-0.2, 0) is 6.42 Å². The molecule has 1 unspecified atom stereocenters. The molecule has 2 aromatic heterocycles. The van der Waals surface area contributed by atoms with Crippen molar-refractivity contribution in [2.24, 2.45) is 5.73 Å². The smallest absolute Gasteiger partial charge is 0.225 e. The van der Waals surface area contributed by atoms with Crippen LogP contribution in [0.4, 0.5) is 5.88 Å². The summed E-state index contributed by atoms with van der Waals surface area (Å²) in [6.07, 6.45) is 4.38. The van der Waals surface area contributed by atoms with E-state index in [9.17, 15) is 0 Å². The second kappa shape index (κ2) is 7.78. The largest absolute Gasteiger partial charge is 0.352 e. The molecule has 1 atom stereocenters. The summed E-state index contributed by atoms with van der Waals surface area (Å²) in [7, 11) is 0. The van der Waals surface area contributed by atoms with Crippen molar-refractivity contribution in [1.82, 2.24) is 10.1 Å². The molecule has 0 aliphatic heterocycles. The first-order valence-corrected chi connectivity index (χ1v) is 9.10. The van der Waals surface area contributed by atoms with E-state index < -0.39 is 0 Å². The number of nitrogens with one attached hydrogen (secondary N) is 1. The highest BCUT2D eigenvalue weighted by Crippen LogP contribution is 2.25. The molecule has 0 aliphatic carbocycles. The van der Waals surface area contributed by atoms with Gasteiger partial charge >= 0.3 is 0 Å². The van der Waals surface area contributed by atoms with Gasteiger partial charge < -0.3 is 15.6 Å². The lowest BCUT2D eigenvalue weighted by Crippen LogP contribution is -2.31. The molecule has 4 rings (SSSR count). The molecule has 0 fully saturated rings. The molecule has 27 heavy (non-hydrogen) atoms.